The highest BCUT2D eigenvalue weighted by atomic mass is 16.5. The van der Waals surface area contributed by atoms with Crippen LogP contribution in [0.25, 0.3) is 0 Å². The third-order valence-electron chi connectivity index (χ3n) is 3.54. The number of urea groups is 1. The van der Waals surface area contributed by atoms with E-state index in [0.717, 1.165) is 12.8 Å². The lowest BCUT2D eigenvalue weighted by Crippen LogP contribution is -2.51. The molecule has 2 aliphatic heterocycles. The van der Waals surface area contributed by atoms with E-state index in [9.17, 15) is 9.59 Å². The van der Waals surface area contributed by atoms with Gasteiger partial charge in [-0.3, -0.25) is 4.79 Å². The van der Waals surface area contributed by atoms with Gasteiger partial charge in [-0.1, -0.05) is 0 Å². The van der Waals surface area contributed by atoms with Crippen molar-refractivity contribution < 1.29 is 19.4 Å². The lowest BCUT2D eigenvalue weighted by atomic mass is 10.1. The molecule has 0 bridgehead atoms. The van der Waals surface area contributed by atoms with E-state index >= 15 is 0 Å². The maximum atomic E-state index is 12.3. The van der Waals surface area contributed by atoms with Crippen LogP contribution in [0.2, 0.25) is 0 Å². The molecule has 0 radical (unpaired) electrons. The van der Waals surface area contributed by atoms with E-state index in [-0.39, 0.29) is 24.6 Å². The normalized spacial score (nSPS) is 28.5. The summed E-state index contributed by atoms with van der Waals surface area (Å²) in [5.74, 6) is -0.838. The van der Waals surface area contributed by atoms with E-state index in [1.54, 1.807) is 9.80 Å². The molecule has 18 heavy (non-hydrogen) atoms. The predicted molar refractivity (Wildman–Crippen MR) is 64.4 cm³/mol. The van der Waals surface area contributed by atoms with Crippen molar-refractivity contribution >= 4 is 12.0 Å². The van der Waals surface area contributed by atoms with Crippen LogP contribution in [-0.4, -0.2) is 65.3 Å². The molecular weight excluding hydrogens is 236 g/mol. The summed E-state index contributed by atoms with van der Waals surface area (Å²) in [5.41, 5.74) is 0. The number of ether oxygens (including phenoxy) is 1. The summed E-state index contributed by atoms with van der Waals surface area (Å²) in [6.07, 6.45) is 1.79. The minimum Gasteiger partial charge on any atom is -0.481 e. The minimum absolute atomic E-state index is 0.0334. The first kappa shape index (κ1) is 13.1. The third-order valence-corrected chi connectivity index (χ3v) is 3.54. The highest BCUT2D eigenvalue weighted by molar-refractivity contribution is 5.76. The van der Waals surface area contributed by atoms with Crippen molar-refractivity contribution in [1.29, 1.82) is 0 Å². The Labute approximate surface area is 106 Å². The van der Waals surface area contributed by atoms with Crippen molar-refractivity contribution in [3.05, 3.63) is 0 Å². The quantitative estimate of drug-likeness (QED) is 0.792. The SMILES string of the molecule is CC1CN(C(=O)N2CCCC2CC(=O)O)CCO1. The number of carbonyl (C=O) groups excluding carboxylic acids is 1. The van der Waals surface area contributed by atoms with Gasteiger partial charge in [0.1, 0.15) is 0 Å². The zero-order chi connectivity index (χ0) is 13.1. The molecule has 0 aromatic heterocycles. The van der Waals surface area contributed by atoms with Gasteiger partial charge in [0.05, 0.1) is 19.1 Å². The number of carbonyl (C=O) groups is 2. The van der Waals surface area contributed by atoms with Gasteiger partial charge in [-0.2, -0.15) is 0 Å². The van der Waals surface area contributed by atoms with Crippen LogP contribution < -0.4 is 0 Å². The van der Waals surface area contributed by atoms with Crippen molar-refractivity contribution in [2.24, 2.45) is 0 Å². The zero-order valence-corrected chi connectivity index (χ0v) is 10.7. The highest BCUT2D eigenvalue weighted by Gasteiger charge is 2.34. The minimum atomic E-state index is -0.838. The van der Waals surface area contributed by atoms with Crippen molar-refractivity contribution in [2.75, 3.05) is 26.2 Å². The number of aliphatic carboxylic acids is 1. The fraction of sp³-hybridized carbons (Fsp3) is 0.833. The van der Waals surface area contributed by atoms with Crippen molar-refractivity contribution in [3.63, 3.8) is 0 Å². The molecule has 0 spiro atoms. The van der Waals surface area contributed by atoms with Gasteiger partial charge < -0.3 is 19.6 Å². The molecule has 0 aromatic carbocycles. The summed E-state index contributed by atoms with van der Waals surface area (Å²) in [5, 5.41) is 8.85. The van der Waals surface area contributed by atoms with Crippen LogP contribution in [0.5, 0.6) is 0 Å². The summed E-state index contributed by atoms with van der Waals surface area (Å²) in [4.78, 5) is 26.6. The third kappa shape index (κ3) is 2.93. The van der Waals surface area contributed by atoms with Gasteiger partial charge in [0.15, 0.2) is 0 Å². The molecule has 6 nitrogen and oxygen atoms in total. The first-order valence-corrected chi connectivity index (χ1v) is 6.47. The average Bonchev–Trinajstić information content (AvgIpc) is 2.75. The number of carboxylic acid groups (broad SMARTS) is 1. The van der Waals surface area contributed by atoms with E-state index in [0.29, 0.717) is 26.2 Å². The summed E-state index contributed by atoms with van der Waals surface area (Å²) in [6.45, 7) is 4.36. The maximum absolute atomic E-state index is 12.3. The Bertz CT molecular complexity index is 334. The van der Waals surface area contributed by atoms with Crippen LogP contribution in [0.1, 0.15) is 26.2 Å². The van der Waals surface area contributed by atoms with Gasteiger partial charge >= 0.3 is 12.0 Å². The Morgan fingerprint density at radius 3 is 2.83 bits per heavy atom. The zero-order valence-electron chi connectivity index (χ0n) is 10.7. The number of likely N-dealkylation sites (tertiary alicyclic amines) is 1. The number of carboxylic acids is 1. The molecule has 1 N–H and O–H groups in total. The summed E-state index contributed by atoms with van der Waals surface area (Å²) < 4.78 is 5.41. The summed E-state index contributed by atoms with van der Waals surface area (Å²) in [7, 11) is 0. The largest absolute Gasteiger partial charge is 0.481 e. The Morgan fingerprint density at radius 1 is 1.39 bits per heavy atom. The number of hydrogen-bond acceptors (Lipinski definition) is 3. The molecule has 2 saturated heterocycles. The molecule has 102 valence electrons. The fourth-order valence-electron chi connectivity index (χ4n) is 2.68. The van der Waals surface area contributed by atoms with Gasteiger partial charge in [0.25, 0.3) is 0 Å². The van der Waals surface area contributed by atoms with Crippen LogP contribution >= 0.6 is 0 Å². The van der Waals surface area contributed by atoms with Crippen LogP contribution in [0.3, 0.4) is 0 Å². The Morgan fingerprint density at radius 2 is 2.17 bits per heavy atom. The average molecular weight is 256 g/mol. The van der Waals surface area contributed by atoms with E-state index in [1.165, 1.54) is 0 Å². The predicted octanol–water partition coefficient (Wildman–Crippen LogP) is 0.766. The number of rotatable bonds is 2. The second kappa shape index (κ2) is 5.56. The lowest BCUT2D eigenvalue weighted by molar-refractivity contribution is -0.138. The summed E-state index contributed by atoms with van der Waals surface area (Å²) >= 11 is 0. The number of nitrogens with zero attached hydrogens (tertiary/aromatic N) is 2. The van der Waals surface area contributed by atoms with E-state index < -0.39 is 5.97 Å². The lowest BCUT2D eigenvalue weighted by Gasteiger charge is -2.35. The molecule has 2 amide bonds. The second-order valence-corrected chi connectivity index (χ2v) is 5.00. The van der Waals surface area contributed by atoms with Crippen molar-refractivity contribution in [2.45, 2.75) is 38.3 Å². The monoisotopic (exact) mass is 256 g/mol. The molecule has 0 aromatic rings. The van der Waals surface area contributed by atoms with Crippen LogP contribution in [0, 0.1) is 0 Å². The molecule has 2 heterocycles. The molecule has 2 atom stereocenters. The van der Waals surface area contributed by atoms with Crippen LogP contribution in [-0.2, 0) is 9.53 Å². The Balaban J connectivity index is 1.96. The van der Waals surface area contributed by atoms with Crippen LogP contribution in [0.4, 0.5) is 4.79 Å². The van der Waals surface area contributed by atoms with Gasteiger partial charge in [-0.05, 0) is 19.8 Å². The molecule has 2 rings (SSSR count). The number of hydrogen-bond donors (Lipinski definition) is 1. The van der Waals surface area contributed by atoms with Gasteiger partial charge in [0.2, 0.25) is 0 Å². The molecule has 6 heteroatoms. The molecule has 0 aliphatic carbocycles. The molecule has 2 fully saturated rings. The first-order valence-electron chi connectivity index (χ1n) is 6.47. The second-order valence-electron chi connectivity index (χ2n) is 5.00. The van der Waals surface area contributed by atoms with Crippen molar-refractivity contribution in [3.8, 4) is 0 Å². The smallest absolute Gasteiger partial charge is 0.320 e. The van der Waals surface area contributed by atoms with Crippen molar-refractivity contribution in [1.82, 2.24) is 9.80 Å². The topological polar surface area (TPSA) is 70.1 Å². The molecule has 0 saturated carbocycles. The van der Waals surface area contributed by atoms with E-state index in [1.807, 2.05) is 6.92 Å². The molecule has 2 aliphatic rings. The van der Waals surface area contributed by atoms with Crippen LogP contribution in [0.15, 0.2) is 0 Å². The van der Waals surface area contributed by atoms with Gasteiger partial charge in [0, 0.05) is 25.7 Å². The number of amides is 2. The Hall–Kier alpha value is -1.30. The summed E-state index contributed by atoms with van der Waals surface area (Å²) in [6, 6.07) is -0.179. The van der Waals surface area contributed by atoms with Gasteiger partial charge in [-0.15, -0.1) is 0 Å². The van der Waals surface area contributed by atoms with E-state index in [2.05, 4.69) is 0 Å². The maximum Gasteiger partial charge on any atom is 0.320 e. The fourth-order valence-corrected chi connectivity index (χ4v) is 2.68. The molecular formula is C12H20N2O4. The first-order chi connectivity index (χ1) is 8.58. The molecule has 2 unspecified atom stereocenters. The number of morpholine rings is 1. The van der Waals surface area contributed by atoms with E-state index in [4.69, 9.17) is 9.84 Å². The Kier molecular flexibility index (Phi) is 4.06. The van der Waals surface area contributed by atoms with Gasteiger partial charge in [-0.25, -0.2) is 4.79 Å². The standard InChI is InChI=1S/C12H20N2O4/c1-9-8-13(5-6-18-9)12(17)14-4-2-3-10(14)7-11(15)16/h9-10H,2-8H2,1H3,(H,15,16). The highest BCUT2D eigenvalue weighted by Crippen LogP contribution is 2.22.